The fourth-order valence-corrected chi connectivity index (χ4v) is 1.47. The summed E-state index contributed by atoms with van der Waals surface area (Å²) in [5.74, 6) is -0.275. The average Bonchev–Trinajstić information content (AvgIpc) is 2.34. The molecule has 0 bridgehead atoms. The Hall–Kier alpha value is -0.650. The van der Waals surface area contributed by atoms with E-state index in [1.165, 1.54) is 0 Å². The maximum absolute atomic E-state index is 11.9. The third-order valence-electron chi connectivity index (χ3n) is 2.55. The van der Waals surface area contributed by atoms with Crippen LogP contribution in [0.2, 0.25) is 0 Å². The van der Waals surface area contributed by atoms with Crippen molar-refractivity contribution in [2.75, 3.05) is 33.5 Å². The highest BCUT2D eigenvalue weighted by molar-refractivity contribution is 5.80. The third kappa shape index (κ3) is 6.33. The van der Waals surface area contributed by atoms with Gasteiger partial charge in [0.15, 0.2) is 0 Å². The zero-order valence-electron chi connectivity index (χ0n) is 12.2. The summed E-state index contributed by atoms with van der Waals surface area (Å²) >= 11 is 0. The van der Waals surface area contributed by atoms with Gasteiger partial charge in [-0.2, -0.15) is 0 Å². The lowest BCUT2D eigenvalue weighted by Crippen LogP contribution is -2.54. The highest BCUT2D eigenvalue weighted by Gasteiger charge is 2.34. The molecule has 0 spiro atoms. The first kappa shape index (κ1) is 17.4. The average molecular weight is 261 g/mol. The Morgan fingerprint density at radius 2 is 2.06 bits per heavy atom. The van der Waals surface area contributed by atoms with Crippen LogP contribution in [0.1, 0.15) is 34.1 Å². The highest BCUT2D eigenvalue weighted by atomic mass is 16.5. The van der Waals surface area contributed by atoms with Crippen LogP contribution in [0.25, 0.3) is 0 Å². The Kier molecular flexibility index (Phi) is 8.97. The summed E-state index contributed by atoms with van der Waals surface area (Å²) in [7, 11) is 1.62. The minimum Gasteiger partial charge on any atom is -0.465 e. The van der Waals surface area contributed by atoms with Crippen LogP contribution in [0, 0.1) is 0 Å². The van der Waals surface area contributed by atoms with Crippen molar-refractivity contribution in [3.05, 3.63) is 0 Å². The summed E-state index contributed by atoms with van der Waals surface area (Å²) in [4.78, 5) is 11.9. The maximum Gasteiger partial charge on any atom is 0.328 e. The second kappa shape index (κ2) is 9.30. The summed E-state index contributed by atoms with van der Waals surface area (Å²) in [6.07, 6.45) is 0.898. The van der Waals surface area contributed by atoms with E-state index in [0.717, 1.165) is 13.0 Å². The fourth-order valence-electron chi connectivity index (χ4n) is 1.47. The molecule has 0 aliphatic rings. The van der Waals surface area contributed by atoms with E-state index in [1.54, 1.807) is 21.0 Å². The second-order valence-electron chi connectivity index (χ2n) is 4.56. The number of hydrogen-bond donors (Lipinski definition) is 1. The molecule has 0 saturated carbocycles. The molecule has 5 heteroatoms. The van der Waals surface area contributed by atoms with Gasteiger partial charge in [-0.15, -0.1) is 0 Å². The maximum atomic E-state index is 11.9. The van der Waals surface area contributed by atoms with Gasteiger partial charge in [0.05, 0.1) is 25.9 Å². The van der Waals surface area contributed by atoms with Gasteiger partial charge in [-0.3, -0.25) is 0 Å². The Morgan fingerprint density at radius 1 is 1.39 bits per heavy atom. The smallest absolute Gasteiger partial charge is 0.328 e. The first-order valence-corrected chi connectivity index (χ1v) is 6.53. The molecule has 5 nitrogen and oxygen atoms in total. The normalized spacial score (nSPS) is 16.1. The Bertz CT molecular complexity index is 235. The van der Waals surface area contributed by atoms with E-state index in [9.17, 15) is 4.79 Å². The highest BCUT2D eigenvalue weighted by Crippen LogP contribution is 2.10. The summed E-state index contributed by atoms with van der Waals surface area (Å²) in [6, 6.07) is 0. The number of methoxy groups -OCH3 is 1. The minimum atomic E-state index is -0.798. The molecule has 0 aromatic carbocycles. The van der Waals surface area contributed by atoms with Crippen LogP contribution in [0.5, 0.6) is 0 Å². The molecule has 0 amide bonds. The Labute approximate surface area is 110 Å². The minimum absolute atomic E-state index is 0.0489. The van der Waals surface area contributed by atoms with Crippen LogP contribution < -0.4 is 5.32 Å². The van der Waals surface area contributed by atoms with Crippen LogP contribution >= 0.6 is 0 Å². The Balaban J connectivity index is 4.41. The van der Waals surface area contributed by atoms with Crippen molar-refractivity contribution in [2.24, 2.45) is 0 Å². The van der Waals surface area contributed by atoms with Crippen molar-refractivity contribution in [2.45, 2.75) is 45.8 Å². The second-order valence-corrected chi connectivity index (χ2v) is 4.56. The monoisotopic (exact) mass is 261 g/mol. The number of esters is 1. The molecular weight excluding hydrogens is 234 g/mol. The summed E-state index contributed by atoms with van der Waals surface area (Å²) in [5.41, 5.74) is -0.798. The van der Waals surface area contributed by atoms with E-state index < -0.39 is 5.54 Å². The number of carbonyl (C=O) groups is 1. The van der Waals surface area contributed by atoms with Crippen LogP contribution in [-0.2, 0) is 19.0 Å². The predicted molar refractivity (Wildman–Crippen MR) is 70.6 cm³/mol. The molecule has 108 valence electrons. The van der Waals surface area contributed by atoms with Crippen molar-refractivity contribution in [1.29, 1.82) is 0 Å². The molecule has 0 heterocycles. The zero-order valence-corrected chi connectivity index (χ0v) is 12.2. The van der Waals surface area contributed by atoms with Gasteiger partial charge in [0.2, 0.25) is 0 Å². The molecule has 0 aliphatic carbocycles. The van der Waals surface area contributed by atoms with Gasteiger partial charge >= 0.3 is 5.97 Å². The van der Waals surface area contributed by atoms with Gasteiger partial charge in [0.25, 0.3) is 0 Å². The first-order valence-electron chi connectivity index (χ1n) is 6.53. The van der Waals surface area contributed by atoms with E-state index in [4.69, 9.17) is 14.2 Å². The number of carbonyl (C=O) groups excluding carboxylic acids is 1. The van der Waals surface area contributed by atoms with Gasteiger partial charge in [-0.1, -0.05) is 6.92 Å². The van der Waals surface area contributed by atoms with E-state index >= 15 is 0 Å². The Morgan fingerprint density at radius 3 is 2.56 bits per heavy atom. The fraction of sp³-hybridized carbons (Fsp3) is 0.923. The number of hydrogen-bond acceptors (Lipinski definition) is 5. The predicted octanol–water partition coefficient (Wildman–Crippen LogP) is 1.36. The lowest BCUT2D eigenvalue weighted by Gasteiger charge is -2.29. The number of ether oxygens (including phenoxy) is 3. The molecule has 18 heavy (non-hydrogen) atoms. The molecule has 0 aromatic rings. The van der Waals surface area contributed by atoms with Gasteiger partial charge in [-0.25, -0.2) is 4.79 Å². The van der Waals surface area contributed by atoms with Gasteiger partial charge in [0, 0.05) is 7.11 Å². The molecule has 0 aliphatic heterocycles. The quantitative estimate of drug-likeness (QED) is 0.602. The van der Waals surface area contributed by atoms with Crippen molar-refractivity contribution < 1.29 is 19.0 Å². The molecule has 0 saturated heterocycles. The van der Waals surface area contributed by atoms with Crippen molar-refractivity contribution >= 4 is 5.97 Å². The molecule has 2 unspecified atom stereocenters. The topological polar surface area (TPSA) is 56.8 Å². The largest absolute Gasteiger partial charge is 0.465 e. The first-order chi connectivity index (χ1) is 8.50. The van der Waals surface area contributed by atoms with E-state index in [-0.39, 0.29) is 18.7 Å². The lowest BCUT2D eigenvalue weighted by atomic mass is 10.0. The molecule has 1 N–H and O–H groups in total. The van der Waals surface area contributed by atoms with E-state index in [0.29, 0.717) is 13.2 Å². The lowest BCUT2D eigenvalue weighted by molar-refractivity contribution is -0.154. The molecule has 0 rings (SSSR count). The van der Waals surface area contributed by atoms with E-state index in [1.807, 2.05) is 13.8 Å². The zero-order chi connectivity index (χ0) is 14.0. The molecule has 0 radical (unpaired) electrons. The van der Waals surface area contributed by atoms with Crippen LogP contribution in [0.15, 0.2) is 0 Å². The SMILES string of the molecule is CCCNC(C)(COC(C)COC)C(=O)OCC. The number of nitrogens with one attached hydrogen (secondary N) is 1. The van der Waals surface area contributed by atoms with E-state index in [2.05, 4.69) is 5.32 Å². The van der Waals surface area contributed by atoms with Crippen molar-refractivity contribution in [3.8, 4) is 0 Å². The summed E-state index contributed by atoms with van der Waals surface area (Å²) in [6.45, 7) is 9.46. The molecule has 2 atom stereocenters. The van der Waals surface area contributed by atoms with Crippen LogP contribution in [0.3, 0.4) is 0 Å². The van der Waals surface area contributed by atoms with Crippen LogP contribution in [-0.4, -0.2) is 51.1 Å². The van der Waals surface area contributed by atoms with Crippen molar-refractivity contribution in [1.82, 2.24) is 5.32 Å². The molecule has 0 aromatic heterocycles. The standard InChI is InChI=1S/C13H27NO4/c1-6-8-14-13(4,12(15)17-7-2)10-18-11(3)9-16-5/h11,14H,6-10H2,1-5H3. The number of rotatable bonds is 10. The third-order valence-corrected chi connectivity index (χ3v) is 2.55. The molecule has 0 fully saturated rings. The van der Waals surface area contributed by atoms with Crippen LogP contribution in [0.4, 0.5) is 0 Å². The molecular formula is C13H27NO4. The van der Waals surface area contributed by atoms with Gasteiger partial charge < -0.3 is 19.5 Å². The van der Waals surface area contributed by atoms with Crippen molar-refractivity contribution in [3.63, 3.8) is 0 Å². The summed E-state index contributed by atoms with van der Waals surface area (Å²) < 4.78 is 15.7. The summed E-state index contributed by atoms with van der Waals surface area (Å²) in [5, 5.41) is 3.19. The van der Waals surface area contributed by atoms with Gasteiger partial charge in [0.1, 0.15) is 5.54 Å². The van der Waals surface area contributed by atoms with Gasteiger partial charge in [-0.05, 0) is 33.7 Å².